The van der Waals surface area contributed by atoms with Crippen molar-refractivity contribution in [2.24, 2.45) is 0 Å². The fourth-order valence-electron chi connectivity index (χ4n) is 1.58. The zero-order valence-corrected chi connectivity index (χ0v) is 12.7. The molecule has 1 heterocycles. The van der Waals surface area contributed by atoms with Gasteiger partial charge in [0.2, 0.25) is 0 Å². The molecule has 0 radical (unpaired) electrons. The van der Waals surface area contributed by atoms with Crippen molar-refractivity contribution in [3.05, 3.63) is 11.8 Å². The highest BCUT2D eigenvalue weighted by Crippen LogP contribution is 2.17. The second-order valence-electron chi connectivity index (χ2n) is 4.12. The van der Waals surface area contributed by atoms with E-state index < -0.39 is 16.0 Å². The number of rotatable bonds is 8. The Kier molecular flexibility index (Phi) is 6.11. The van der Waals surface area contributed by atoms with Crippen molar-refractivity contribution in [1.29, 1.82) is 0 Å². The number of aromatic amines is 1. The maximum absolute atomic E-state index is 12.3. The number of carbonyl (C=O) groups excluding carboxylic acids is 1. The van der Waals surface area contributed by atoms with Crippen LogP contribution in [0.3, 0.4) is 0 Å². The first-order valence-electron chi connectivity index (χ1n) is 6.26. The second-order valence-corrected chi connectivity index (χ2v) is 6.10. The van der Waals surface area contributed by atoms with E-state index in [2.05, 4.69) is 15.5 Å². The van der Waals surface area contributed by atoms with Crippen LogP contribution in [-0.4, -0.2) is 62.7 Å². The average molecular weight is 304 g/mol. The highest BCUT2D eigenvalue weighted by molar-refractivity contribution is 7.89. The molecule has 0 amide bonds. The molecule has 0 bridgehead atoms. The number of ether oxygens (including phenoxy) is 1. The van der Waals surface area contributed by atoms with E-state index in [9.17, 15) is 13.2 Å². The fourth-order valence-corrected chi connectivity index (χ4v) is 2.84. The van der Waals surface area contributed by atoms with Gasteiger partial charge >= 0.3 is 5.97 Å². The first-order chi connectivity index (χ1) is 9.45. The molecule has 9 heteroatoms. The molecule has 0 aliphatic rings. The summed E-state index contributed by atoms with van der Waals surface area (Å²) in [6.07, 6.45) is 1.82. The van der Waals surface area contributed by atoms with Gasteiger partial charge in [-0.1, -0.05) is 0 Å². The predicted molar refractivity (Wildman–Crippen MR) is 72.9 cm³/mol. The topological polar surface area (TPSA) is 104 Å². The van der Waals surface area contributed by atoms with Crippen molar-refractivity contribution < 1.29 is 17.9 Å². The summed E-state index contributed by atoms with van der Waals surface area (Å²) in [6, 6.07) is 0. The second kappa shape index (κ2) is 7.36. The molecular formula is C11H20N4O4S. The molecule has 0 aromatic carbocycles. The molecular weight excluding hydrogens is 284 g/mol. The van der Waals surface area contributed by atoms with Crippen molar-refractivity contribution in [3.63, 3.8) is 0 Å². The van der Waals surface area contributed by atoms with E-state index >= 15 is 0 Å². The van der Waals surface area contributed by atoms with Gasteiger partial charge in [0.25, 0.3) is 10.0 Å². The third-order valence-electron chi connectivity index (χ3n) is 2.67. The Hall–Kier alpha value is -1.45. The maximum atomic E-state index is 12.3. The third kappa shape index (κ3) is 3.78. The average Bonchev–Trinajstić information content (AvgIpc) is 2.89. The van der Waals surface area contributed by atoms with Crippen LogP contribution < -0.4 is 5.32 Å². The number of hydrogen-bond donors (Lipinski definition) is 2. The van der Waals surface area contributed by atoms with Crippen molar-refractivity contribution in [3.8, 4) is 0 Å². The largest absolute Gasteiger partial charge is 0.462 e. The minimum atomic E-state index is -3.78. The van der Waals surface area contributed by atoms with Gasteiger partial charge < -0.3 is 10.1 Å². The predicted octanol–water partition coefficient (Wildman–Crippen LogP) is -0.184. The summed E-state index contributed by atoms with van der Waals surface area (Å²) in [6.45, 7) is 2.86. The number of esters is 1. The fraction of sp³-hybridized carbons (Fsp3) is 0.636. The van der Waals surface area contributed by atoms with E-state index in [4.69, 9.17) is 4.74 Å². The van der Waals surface area contributed by atoms with E-state index in [0.717, 1.165) is 6.20 Å². The minimum absolute atomic E-state index is 0.0766. The Morgan fingerprint density at radius 1 is 1.55 bits per heavy atom. The lowest BCUT2D eigenvalue weighted by Crippen LogP contribution is -2.31. The van der Waals surface area contributed by atoms with Crippen LogP contribution in [-0.2, 0) is 14.8 Å². The molecule has 8 nitrogen and oxygen atoms in total. The van der Waals surface area contributed by atoms with Gasteiger partial charge in [0.1, 0.15) is 5.56 Å². The van der Waals surface area contributed by atoms with Gasteiger partial charge in [-0.3, -0.25) is 5.10 Å². The number of aromatic nitrogens is 2. The van der Waals surface area contributed by atoms with Gasteiger partial charge in [0.05, 0.1) is 12.8 Å². The van der Waals surface area contributed by atoms with Crippen LogP contribution in [0.1, 0.15) is 23.7 Å². The molecule has 1 aromatic rings. The molecule has 0 atom stereocenters. The Morgan fingerprint density at radius 3 is 2.85 bits per heavy atom. The summed E-state index contributed by atoms with van der Waals surface area (Å²) in [4.78, 5) is 11.7. The number of nitrogens with zero attached hydrogens (tertiary/aromatic N) is 2. The van der Waals surface area contributed by atoms with Crippen LogP contribution in [0.5, 0.6) is 0 Å². The standard InChI is InChI=1S/C11H20N4O4S/c1-4-19-11(16)9-8-13-14-10(9)20(17,18)15(3)7-5-6-12-2/h8,12H,4-7H2,1-3H3,(H,13,14). The zero-order valence-electron chi connectivity index (χ0n) is 11.8. The van der Waals surface area contributed by atoms with Gasteiger partial charge in [-0.25, -0.2) is 13.2 Å². The number of carbonyl (C=O) groups is 1. The summed E-state index contributed by atoms with van der Waals surface area (Å²) in [5, 5.41) is 8.69. The lowest BCUT2D eigenvalue weighted by Gasteiger charge is -2.16. The van der Waals surface area contributed by atoms with Gasteiger partial charge in [0.15, 0.2) is 5.03 Å². The molecule has 0 aliphatic carbocycles. The molecule has 20 heavy (non-hydrogen) atoms. The SMILES string of the molecule is CCOC(=O)c1cn[nH]c1S(=O)(=O)N(C)CCCNC. The monoisotopic (exact) mass is 304 g/mol. The molecule has 2 N–H and O–H groups in total. The molecule has 114 valence electrons. The van der Waals surface area contributed by atoms with Crippen LogP contribution >= 0.6 is 0 Å². The van der Waals surface area contributed by atoms with Gasteiger partial charge in [-0.15, -0.1) is 0 Å². The van der Waals surface area contributed by atoms with Crippen LogP contribution in [0, 0.1) is 0 Å². The van der Waals surface area contributed by atoms with E-state index in [1.165, 1.54) is 11.4 Å². The molecule has 0 spiro atoms. The highest BCUT2D eigenvalue weighted by Gasteiger charge is 2.29. The molecule has 0 saturated heterocycles. The Labute approximate surface area is 118 Å². The van der Waals surface area contributed by atoms with Crippen LogP contribution in [0.4, 0.5) is 0 Å². The Balaban J connectivity index is 2.93. The van der Waals surface area contributed by atoms with Crippen LogP contribution in [0.2, 0.25) is 0 Å². The lowest BCUT2D eigenvalue weighted by atomic mass is 10.4. The van der Waals surface area contributed by atoms with Crippen molar-refractivity contribution in [1.82, 2.24) is 19.8 Å². The van der Waals surface area contributed by atoms with Gasteiger partial charge in [0, 0.05) is 13.6 Å². The minimum Gasteiger partial charge on any atom is -0.462 e. The summed E-state index contributed by atoms with van der Waals surface area (Å²) in [5.41, 5.74) is -0.0766. The Bertz CT molecular complexity index is 540. The van der Waals surface area contributed by atoms with E-state index in [1.54, 1.807) is 14.0 Å². The van der Waals surface area contributed by atoms with Gasteiger partial charge in [-0.2, -0.15) is 9.40 Å². The highest BCUT2D eigenvalue weighted by atomic mass is 32.2. The normalized spacial score (nSPS) is 11.8. The summed E-state index contributed by atoms with van der Waals surface area (Å²) < 4.78 is 30.7. The van der Waals surface area contributed by atoms with Gasteiger partial charge in [-0.05, 0) is 26.9 Å². The number of sulfonamides is 1. The molecule has 1 aromatic heterocycles. The summed E-state index contributed by atoms with van der Waals surface area (Å²) in [7, 11) is -0.530. The lowest BCUT2D eigenvalue weighted by molar-refractivity contribution is 0.0521. The number of hydrogen-bond acceptors (Lipinski definition) is 6. The van der Waals surface area contributed by atoms with E-state index in [-0.39, 0.29) is 17.2 Å². The molecule has 0 saturated carbocycles. The molecule has 0 unspecified atom stereocenters. The zero-order chi connectivity index (χ0) is 15.2. The first-order valence-corrected chi connectivity index (χ1v) is 7.70. The molecule has 0 fully saturated rings. The third-order valence-corrected chi connectivity index (χ3v) is 4.50. The van der Waals surface area contributed by atoms with Crippen molar-refractivity contribution in [2.45, 2.75) is 18.4 Å². The smallest absolute Gasteiger partial charge is 0.342 e. The molecule has 0 aliphatic heterocycles. The molecule has 1 rings (SSSR count). The van der Waals surface area contributed by atoms with Crippen molar-refractivity contribution >= 4 is 16.0 Å². The summed E-state index contributed by atoms with van der Waals surface area (Å²) >= 11 is 0. The maximum Gasteiger partial charge on any atom is 0.342 e. The first kappa shape index (κ1) is 16.6. The number of H-pyrrole nitrogens is 1. The van der Waals surface area contributed by atoms with Crippen LogP contribution in [0.25, 0.3) is 0 Å². The Morgan fingerprint density at radius 2 is 2.25 bits per heavy atom. The number of nitrogens with one attached hydrogen (secondary N) is 2. The van der Waals surface area contributed by atoms with Crippen molar-refractivity contribution in [2.75, 3.05) is 33.8 Å². The quantitative estimate of drug-likeness (QED) is 0.510. The van der Waals surface area contributed by atoms with E-state index in [0.29, 0.717) is 19.5 Å². The van der Waals surface area contributed by atoms with Crippen LogP contribution in [0.15, 0.2) is 11.2 Å². The summed E-state index contributed by atoms with van der Waals surface area (Å²) in [5.74, 6) is -0.705. The van der Waals surface area contributed by atoms with E-state index in [1.807, 2.05) is 0 Å².